The maximum absolute atomic E-state index is 12.6. The van der Waals surface area contributed by atoms with Gasteiger partial charge in [0.05, 0.1) is 4.90 Å². The zero-order valence-electron chi connectivity index (χ0n) is 17.6. The van der Waals surface area contributed by atoms with Crippen LogP contribution in [0.15, 0.2) is 53.4 Å². The molecule has 6 nitrogen and oxygen atoms in total. The highest BCUT2D eigenvalue weighted by molar-refractivity contribution is 7.89. The molecule has 2 N–H and O–H groups in total. The number of carbonyl (C=O) groups is 1. The minimum atomic E-state index is -3.55. The van der Waals surface area contributed by atoms with Crippen LogP contribution >= 0.6 is 0 Å². The molecule has 0 saturated heterocycles. The summed E-state index contributed by atoms with van der Waals surface area (Å²) in [5, 5.41) is 2.74. The number of benzene rings is 2. The summed E-state index contributed by atoms with van der Waals surface area (Å²) in [6.45, 7) is 4.02. The lowest BCUT2D eigenvalue weighted by atomic mass is 9.96. The Kier molecular flexibility index (Phi) is 7.50. The van der Waals surface area contributed by atoms with Gasteiger partial charge in [0.2, 0.25) is 10.0 Å². The lowest BCUT2D eigenvalue weighted by molar-refractivity contribution is -0.118. The molecular weight excluding hydrogens is 400 g/mol. The zero-order chi connectivity index (χ0) is 21.6. The van der Waals surface area contributed by atoms with Gasteiger partial charge in [-0.1, -0.05) is 51.3 Å². The molecule has 2 aromatic rings. The maximum Gasteiger partial charge on any atom is 0.262 e. The smallest absolute Gasteiger partial charge is 0.262 e. The number of sulfonamides is 1. The van der Waals surface area contributed by atoms with Crippen LogP contribution in [0.5, 0.6) is 5.75 Å². The molecule has 2 aromatic carbocycles. The monoisotopic (exact) mass is 430 g/mol. The van der Waals surface area contributed by atoms with Crippen molar-refractivity contribution in [1.29, 1.82) is 0 Å². The van der Waals surface area contributed by atoms with Crippen molar-refractivity contribution in [3.8, 4) is 5.75 Å². The van der Waals surface area contributed by atoms with Gasteiger partial charge < -0.3 is 10.1 Å². The first-order chi connectivity index (χ1) is 14.3. The van der Waals surface area contributed by atoms with Crippen molar-refractivity contribution in [3.63, 3.8) is 0 Å². The minimum Gasteiger partial charge on any atom is -0.483 e. The lowest BCUT2D eigenvalue weighted by Gasteiger charge is -2.22. The molecule has 0 bridgehead atoms. The van der Waals surface area contributed by atoms with Crippen molar-refractivity contribution < 1.29 is 17.9 Å². The Morgan fingerprint density at radius 3 is 2.37 bits per heavy atom. The van der Waals surface area contributed by atoms with Crippen LogP contribution < -0.4 is 14.8 Å². The molecule has 1 amide bonds. The van der Waals surface area contributed by atoms with Gasteiger partial charge in [0.15, 0.2) is 6.61 Å². The predicted molar refractivity (Wildman–Crippen MR) is 118 cm³/mol. The Morgan fingerprint density at radius 1 is 1.03 bits per heavy atom. The van der Waals surface area contributed by atoms with Crippen LogP contribution in [-0.4, -0.2) is 27.0 Å². The van der Waals surface area contributed by atoms with Gasteiger partial charge in [-0.15, -0.1) is 0 Å². The lowest BCUT2D eigenvalue weighted by Crippen LogP contribution is -2.36. The van der Waals surface area contributed by atoms with Crippen molar-refractivity contribution in [3.05, 3.63) is 54.1 Å². The van der Waals surface area contributed by atoms with E-state index >= 15 is 0 Å². The number of amides is 1. The summed E-state index contributed by atoms with van der Waals surface area (Å²) in [6, 6.07) is 13.9. The number of ether oxygens (including phenoxy) is 1. The van der Waals surface area contributed by atoms with Gasteiger partial charge in [0, 0.05) is 11.7 Å². The summed E-state index contributed by atoms with van der Waals surface area (Å²) >= 11 is 0. The third-order valence-electron chi connectivity index (χ3n) is 5.28. The number of nitrogens with one attached hydrogen (secondary N) is 2. The molecule has 0 radical (unpaired) electrons. The number of anilines is 1. The van der Waals surface area contributed by atoms with E-state index in [2.05, 4.69) is 23.9 Å². The SMILES string of the molecule is CC(C)c1ccccc1OCC(=O)Nc1ccc(S(=O)(=O)NC2CCCCC2)cc1. The Morgan fingerprint density at radius 2 is 1.70 bits per heavy atom. The second kappa shape index (κ2) is 10.1. The number of hydrogen-bond acceptors (Lipinski definition) is 4. The van der Waals surface area contributed by atoms with Crippen molar-refractivity contribution in [2.45, 2.75) is 62.8 Å². The van der Waals surface area contributed by atoms with Crippen LogP contribution in [-0.2, 0) is 14.8 Å². The third kappa shape index (κ3) is 6.06. The summed E-state index contributed by atoms with van der Waals surface area (Å²) in [5.74, 6) is 0.684. The molecule has 0 atom stereocenters. The second-order valence-electron chi connectivity index (χ2n) is 8.01. The average Bonchev–Trinajstić information content (AvgIpc) is 2.73. The first-order valence-corrected chi connectivity index (χ1v) is 12.0. The average molecular weight is 431 g/mol. The van der Waals surface area contributed by atoms with Crippen LogP contribution in [0.25, 0.3) is 0 Å². The first-order valence-electron chi connectivity index (χ1n) is 10.5. The van der Waals surface area contributed by atoms with Crippen LogP contribution in [0, 0.1) is 0 Å². The summed E-state index contributed by atoms with van der Waals surface area (Å²) in [5.41, 5.74) is 1.57. The highest BCUT2D eigenvalue weighted by Crippen LogP contribution is 2.26. The predicted octanol–water partition coefficient (Wildman–Crippen LogP) is 4.44. The van der Waals surface area contributed by atoms with Gasteiger partial charge in [0.1, 0.15) is 5.75 Å². The van der Waals surface area contributed by atoms with E-state index in [-0.39, 0.29) is 23.5 Å². The van der Waals surface area contributed by atoms with E-state index in [1.54, 1.807) is 12.1 Å². The highest BCUT2D eigenvalue weighted by Gasteiger charge is 2.21. The Bertz CT molecular complexity index is 949. The van der Waals surface area contributed by atoms with Gasteiger partial charge >= 0.3 is 0 Å². The molecule has 0 unspecified atom stereocenters. The first kappa shape index (κ1) is 22.3. The van der Waals surface area contributed by atoms with E-state index in [9.17, 15) is 13.2 Å². The third-order valence-corrected chi connectivity index (χ3v) is 6.81. The quantitative estimate of drug-likeness (QED) is 0.648. The number of rotatable bonds is 8. The Hall–Kier alpha value is -2.38. The molecule has 0 heterocycles. The zero-order valence-corrected chi connectivity index (χ0v) is 18.4. The van der Waals surface area contributed by atoms with E-state index in [1.807, 2.05) is 24.3 Å². The van der Waals surface area contributed by atoms with E-state index in [4.69, 9.17) is 4.74 Å². The summed E-state index contributed by atoms with van der Waals surface area (Å²) in [4.78, 5) is 12.4. The molecule has 0 spiro atoms. The minimum absolute atomic E-state index is 0.00833. The van der Waals surface area contributed by atoms with Crippen LogP contribution in [0.4, 0.5) is 5.69 Å². The van der Waals surface area contributed by atoms with Crippen LogP contribution in [0.2, 0.25) is 0 Å². The molecule has 30 heavy (non-hydrogen) atoms. The van der Waals surface area contributed by atoms with E-state index in [0.29, 0.717) is 17.4 Å². The van der Waals surface area contributed by atoms with Gasteiger partial charge in [0.25, 0.3) is 5.91 Å². The second-order valence-corrected chi connectivity index (χ2v) is 9.72. The molecule has 1 fully saturated rings. The van der Waals surface area contributed by atoms with Gasteiger partial charge in [-0.05, 0) is 54.7 Å². The molecule has 0 aliphatic heterocycles. The molecule has 1 aliphatic carbocycles. The molecule has 7 heteroatoms. The Balaban J connectivity index is 1.55. The standard InChI is InChI=1S/C23H30N2O4S/c1-17(2)21-10-6-7-11-22(21)29-16-23(26)24-18-12-14-20(15-13-18)30(27,28)25-19-8-4-3-5-9-19/h6-7,10-15,17,19,25H,3-5,8-9,16H2,1-2H3,(H,24,26). The largest absolute Gasteiger partial charge is 0.483 e. The normalized spacial score (nSPS) is 15.2. The van der Waals surface area contributed by atoms with Crippen molar-refractivity contribution >= 4 is 21.6 Å². The number of carbonyl (C=O) groups excluding carboxylic acids is 1. The van der Waals surface area contributed by atoms with Gasteiger partial charge in [-0.3, -0.25) is 4.79 Å². The van der Waals surface area contributed by atoms with Gasteiger partial charge in [-0.25, -0.2) is 13.1 Å². The number of para-hydroxylation sites is 1. The molecule has 162 valence electrons. The van der Waals surface area contributed by atoms with Gasteiger partial charge in [-0.2, -0.15) is 0 Å². The van der Waals surface area contributed by atoms with Crippen LogP contribution in [0.1, 0.15) is 57.4 Å². The fraction of sp³-hybridized carbons (Fsp3) is 0.435. The number of hydrogen-bond donors (Lipinski definition) is 2. The summed E-state index contributed by atoms with van der Waals surface area (Å²) in [7, 11) is -3.55. The van der Waals surface area contributed by atoms with E-state index < -0.39 is 10.0 Å². The summed E-state index contributed by atoms with van der Waals surface area (Å²) < 4.78 is 33.6. The topological polar surface area (TPSA) is 84.5 Å². The summed E-state index contributed by atoms with van der Waals surface area (Å²) in [6.07, 6.45) is 5.05. The molecule has 3 rings (SSSR count). The molecular formula is C23H30N2O4S. The maximum atomic E-state index is 12.6. The van der Waals surface area contributed by atoms with Crippen molar-refractivity contribution in [1.82, 2.24) is 4.72 Å². The fourth-order valence-electron chi connectivity index (χ4n) is 3.65. The highest BCUT2D eigenvalue weighted by atomic mass is 32.2. The van der Waals surface area contributed by atoms with Crippen LogP contribution in [0.3, 0.4) is 0 Å². The molecule has 1 aliphatic rings. The fourth-order valence-corrected chi connectivity index (χ4v) is 4.96. The molecule has 0 aromatic heterocycles. The molecule has 1 saturated carbocycles. The van der Waals surface area contributed by atoms with Crippen molar-refractivity contribution in [2.24, 2.45) is 0 Å². The van der Waals surface area contributed by atoms with Crippen molar-refractivity contribution in [2.75, 3.05) is 11.9 Å². The Labute approximate surface area is 179 Å². The van der Waals surface area contributed by atoms with E-state index in [0.717, 1.165) is 31.2 Å². The van der Waals surface area contributed by atoms with E-state index in [1.165, 1.54) is 18.6 Å².